The van der Waals surface area contributed by atoms with Crippen molar-refractivity contribution in [3.05, 3.63) is 18.0 Å². The number of pyridine rings is 1. The van der Waals surface area contributed by atoms with Gasteiger partial charge in [-0.2, -0.15) is 0 Å². The molecule has 1 aliphatic heterocycles. The van der Waals surface area contributed by atoms with E-state index in [4.69, 9.17) is 9.84 Å². The number of aromatic hydroxyl groups is 1. The molecule has 130 valence electrons. The zero-order valence-electron chi connectivity index (χ0n) is 13.4. The van der Waals surface area contributed by atoms with Crippen molar-refractivity contribution in [3.8, 4) is 11.5 Å². The van der Waals surface area contributed by atoms with E-state index in [9.17, 15) is 19.8 Å². The zero-order chi connectivity index (χ0) is 18.1. The summed E-state index contributed by atoms with van der Waals surface area (Å²) in [4.78, 5) is 30.3. The lowest BCUT2D eigenvalue weighted by Gasteiger charge is -2.18. The van der Waals surface area contributed by atoms with E-state index >= 15 is 0 Å². The maximum Gasteiger partial charge on any atom is 0.332 e. The molecule has 0 spiro atoms. The Hall–Kier alpha value is -2.29. The molecule has 0 aliphatic carbocycles. The minimum absolute atomic E-state index is 0.177. The van der Waals surface area contributed by atoms with Gasteiger partial charge in [-0.15, -0.1) is 11.8 Å². The molecule has 9 heteroatoms. The number of aromatic nitrogens is 1. The Balaban J connectivity index is 2.19. The molecule has 1 aromatic rings. The molecule has 1 aliphatic rings. The fraction of sp³-hybridized carbons (Fsp3) is 0.467. The van der Waals surface area contributed by atoms with E-state index in [-0.39, 0.29) is 22.9 Å². The first-order chi connectivity index (χ1) is 11.1. The third kappa shape index (κ3) is 3.61. The number of hydrogen-bond donors (Lipinski definition) is 3. The average molecular weight is 354 g/mol. The quantitative estimate of drug-likeness (QED) is 0.702. The van der Waals surface area contributed by atoms with E-state index in [0.717, 1.165) is 0 Å². The maximum absolute atomic E-state index is 11.2. The fourth-order valence-electron chi connectivity index (χ4n) is 1.91. The zero-order valence-corrected chi connectivity index (χ0v) is 14.2. The van der Waals surface area contributed by atoms with Crippen molar-refractivity contribution in [3.63, 3.8) is 0 Å². The van der Waals surface area contributed by atoms with E-state index < -0.39 is 29.5 Å². The summed E-state index contributed by atoms with van der Waals surface area (Å²) in [5, 5.41) is 28.6. The number of hydrogen-bond acceptors (Lipinski definition) is 7. The molecule has 2 heterocycles. The topological polar surface area (TPSA) is 129 Å². The minimum Gasteiger partial charge on any atom is -0.505 e. The molecule has 1 aromatic heterocycles. The summed E-state index contributed by atoms with van der Waals surface area (Å²) in [7, 11) is 0. The molecule has 24 heavy (non-hydrogen) atoms. The van der Waals surface area contributed by atoms with Crippen LogP contribution >= 0.6 is 11.8 Å². The van der Waals surface area contributed by atoms with Gasteiger partial charge in [0, 0.05) is 11.8 Å². The second-order valence-electron chi connectivity index (χ2n) is 5.77. The number of thioether (sulfide) groups is 1. The molecule has 0 bridgehead atoms. The number of nitrogens with zero attached hydrogens (tertiary/aromatic N) is 2. The predicted octanol–water partition coefficient (Wildman–Crippen LogP) is 1.61. The predicted molar refractivity (Wildman–Crippen MR) is 87.8 cm³/mol. The molecule has 0 radical (unpaired) electrons. The summed E-state index contributed by atoms with van der Waals surface area (Å²) in [6.07, 6.45) is 0.739. The number of carboxylic acid groups (broad SMARTS) is 2. The Kier molecular flexibility index (Phi) is 5.02. The van der Waals surface area contributed by atoms with Crippen molar-refractivity contribution in [1.82, 2.24) is 4.98 Å². The van der Waals surface area contributed by atoms with Crippen LogP contribution in [0, 0.1) is 5.92 Å². The summed E-state index contributed by atoms with van der Waals surface area (Å²) < 4.78 is 5.47. The lowest BCUT2D eigenvalue weighted by atomic mass is 10.1. The maximum atomic E-state index is 11.2. The van der Waals surface area contributed by atoms with Gasteiger partial charge in [-0.25, -0.2) is 9.78 Å². The Morgan fingerprint density at radius 1 is 1.38 bits per heavy atom. The third-order valence-electron chi connectivity index (χ3n) is 3.76. The number of ether oxygens (including phenoxy) is 1. The number of carboxylic acids is 2. The van der Waals surface area contributed by atoms with Crippen LogP contribution in [0.5, 0.6) is 11.5 Å². The Bertz CT molecular complexity index is 707. The Morgan fingerprint density at radius 3 is 2.54 bits per heavy atom. The summed E-state index contributed by atoms with van der Waals surface area (Å²) in [6.45, 7) is 4.63. The molecule has 2 rings (SSSR count). The highest BCUT2D eigenvalue weighted by Crippen LogP contribution is 2.34. The number of rotatable bonds is 6. The molecule has 8 nitrogen and oxygen atoms in total. The molecule has 3 N–H and O–H groups in total. The number of aliphatic carboxylic acids is 2. The van der Waals surface area contributed by atoms with Crippen molar-refractivity contribution in [1.29, 1.82) is 0 Å². The van der Waals surface area contributed by atoms with Gasteiger partial charge in [-0.3, -0.25) is 9.79 Å². The van der Waals surface area contributed by atoms with Crippen LogP contribution < -0.4 is 4.74 Å². The monoisotopic (exact) mass is 354 g/mol. The van der Waals surface area contributed by atoms with Crippen molar-refractivity contribution in [2.75, 3.05) is 5.75 Å². The van der Waals surface area contributed by atoms with Crippen molar-refractivity contribution in [2.45, 2.75) is 32.4 Å². The minimum atomic E-state index is -1.24. The molecular formula is C15H18N2O6S. The molecule has 0 fully saturated rings. The summed E-state index contributed by atoms with van der Waals surface area (Å²) in [5.41, 5.74) is -1.06. The highest BCUT2D eigenvalue weighted by molar-refractivity contribution is 8.14. The van der Waals surface area contributed by atoms with Crippen molar-refractivity contribution >= 4 is 28.7 Å². The third-order valence-corrected chi connectivity index (χ3v) is 5.02. The van der Waals surface area contributed by atoms with Crippen molar-refractivity contribution < 1.29 is 29.6 Å². The Labute approximate surface area is 142 Å². The van der Waals surface area contributed by atoms with Gasteiger partial charge in [0.25, 0.3) is 0 Å². The second kappa shape index (κ2) is 6.68. The van der Waals surface area contributed by atoms with Gasteiger partial charge in [-0.05, 0) is 20.8 Å². The van der Waals surface area contributed by atoms with Gasteiger partial charge in [0.2, 0.25) is 0 Å². The van der Waals surface area contributed by atoms with Gasteiger partial charge >= 0.3 is 11.9 Å². The van der Waals surface area contributed by atoms with Crippen LogP contribution in [0.25, 0.3) is 0 Å². The smallest absolute Gasteiger partial charge is 0.332 e. The normalized spacial score (nSPS) is 22.5. The van der Waals surface area contributed by atoms with Gasteiger partial charge in [0.15, 0.2) is 5.54 Å². The summed E-state index contributed by atoms with van der Waals surface area (Å²) in [6, 6.07) is 1.31. The lowest BCUT2D eigenvalue weighted by Crippen LogP contribution is -2.33. The van der Waals surface area contributed by atoms with Crippen LogP contribution in [-0.2, 0) is 9.59 Å². The lowest BCUT2D eigenvalue weighted by molar-refractivity contribution is -0.144. The molecule has 0 saturated heterocycles. The summed E-state index contributed by atoms with van der Waals surface area (Å²) >= 11 is 1.20. The van der Waals surface area contributed by atoms with Gasteiger partial charge < -0.3 is 20.1 Å². The Morgan fingerprint density at radius 2 is 2.04 bits per heavy atom. The molecular weight excluding hydrogens is 336 g/mol. The van der Waals surface area contributed by atoms with Gasteiger partial charge in [0.05, 0.1) is 12.1 Å². The van der Waals surface area contributed by atoms with Crippen LogP contribution in [0.2, 0.25) is 0 Å². The first-order valence-corrected chi connectivity index (χ1v) is 8.17. The van der Waals surface area contributed by atoms with Crippen LogP contribution in [0.1, 0.15) is 26.5 Å². The SMILES string of the molecule is CC(Oc1cnc(C2=N[C@@](C)(C(=O)O)CS2)c(O)c1)C(C)C(=O)O. The summed E-state index contributed by atoms with van der Waals surface area (Å²) in [5.74, 6) is -2.48. The van der Waals surface area contributed by atoms with Crippen LogP contribution in [0.15, 0.2) is 17.3 Å². The number of carbonyl (C=O) groups is 2. The highest BCUT2D eigenvalue weighted by atomic mass is 32.2. The van der Waals surface area contributed by atoms with Crippen LogP contribution in [0.4, 0.5) is 0 Å². The van der Waals surface area contributed by atoms with Crippen LogP contribution in [-0.4, -0.2) is 54.7 Å². The largest absolute Gasteiger partial charge is 0.505 e. The molecule has 2 unspecified atom stereocenters. The van der Waals surface area contributed by atoms with E-state index in [0.29, 0.717) is 5.04 Å². The van der Waals surface area contributed by atoms with E-state index in [1.54, 1.807) is 6.92 Å². The average Bonchev–Trinajstić information content (AvgIpc) is 2.90. The van der Waals surface area contributed by atoms with Crippen LogP contribution in [0.3, 0.4) is 0 Å². The standard InChI is InChI=1S/C15H18N2O6S/c1-7(13(19)20)8(2)23-9-4-10(18)11(16-5-9)12-17-15(3,6-24-12)14(21)22/h4-5,7-8,18H,6H2,1-3H3,(H,19,20)(H,21,22)/t7?,8?,15-/m1/s1. The van der Waals surface area contributed by atoms with Crippen molar-refractivity contribution in [2.24, 2.45) is 10.9 Å². The molecule has 0 aromatic carbocycles. The first kappa shape index (κ1) is 18.1. The van der Waals surface area contributed by atoms with E-state index in [2.05, 4.69) is 9.98 Å². The number of aliphatic imine (C=N–C) groups is 1. The van der Waals surface area contributed by atoms with E-state index in [1.807, 2.05) is 0 Å². The second-order valence-corrected chi connectivity index (χ2v) is 6.74. The highest BCUT2D eigenvalue weighted by Gasteiger charge is 2.39. The van der Waals surface area contributed by atoms with Gasteiger partial charge in [0.1, 0.15) is 28.3 Å². The molecule has 0 amide bonds. The molecule has 3 atom stereocenters. The fourth-order valence-corrected chi connectivity index (χ4v) is 3.08. The van der Waals surface area contributed by atoms with E-state index in [1.165, 1.54) is 37.9 Å². The first-order valence-electron chi connectivity index (χ1n) is 7.19. The van der Waals surface area contributed by atoms with Gasteiger partial charge in [-0.1, -0.05) is 0 Å². The molecule has 0 saturated carbocycles.